The van der Waals surface area contributed by atoms with Crippen LogP contribution in [0.1, 0.15) is 145 Å². The number of likely N-dealkylation sites (tertiary alicyclic amines) is 1. The Morgan fingerprint density at radius 2 is 1.47 bits per heavy atom. The van der Waals surface area contributed by atoms with Crippen molar-refractivity contribution >= 4 is 23.4 Å². The highest BCUT2D eigenvalue weighted by atomic mass is 16.5. The lowest BCUT2D eigenvalue weighted by molar-refractivity contribution is -0.147. The molecule has 3 unspecified atom stereocenters. The minimum Gasteiger partial charge on any atom is -0.379 e. The van der Waals surface area contributed by atoms with E-state index >= 15 is 0 Å². The van der Waals surface area contributed by atoms with Gasteiger partial charge in [-0.15, -0.1) is 0 Å². The Kier molecular flexibility index (Phi) is 15.9. The summed E-state index contributed by atoms with van der Waals surface area (Å²) < 4.78 is 5.56. The average molecular weight is 784 g/mol. The standard InChI is InChI=1S/C48H73N5O4/c1-6-52(42-23-21-41(22-24-42)50-37(5)54)46-31-40(39-19-17-38(18-20-39)33-51-25-27-57-28-26-51)30-44(36(46)4)47(55)49-32-45-34(2)29-35(3)53(48(45)56)43-15-13-11-9-7-8-10-12-14-16-43/h17-20,30-31,34-35,41-43,45H,6-16,21-29,32-33H2,1-5H3,(H,49,55)(H,50,54)/t34?,35?,41-,42-,45?. The van der Waals surface area contributed by atoms with Gasteiger partial charge in [-0.3, -0.25) is 19.3 Å². The summed E-state index contributed by atoms with van der Waals surface area (Å²) in [5, 5.41) is 6.45. The molecule has 2 aliphatic carbocycles. The fourth-order valence-corrected chi connectivity index (χ4v) is 10.5. The van der Waals surface area contributed by atoms with Gasteiger partial charge in [0.15, 0.2) is 0 Å². The maximum absolute atomic E-state index is 14.5. The van der Waals surface area contributed by atoms with Crippen molar-refractivity contribution in [3.63, 3.8) is 0 Å². The van der Waals surface area contributed by atoms with E-state index in [0.717, 1.165) is 107 Å². The van der Waals surface area contributed by atoms with Crippen molar-refractivity contribution in [1.82, 2.24) is 20.4 Å². The number of morpholine rings is 1. The number of nitrogens with zero attached hydrogens (tertiary/aromatic N) is 3. The first-order valence-corrected chi connectivity index (χ1v) is 22.8. The van der Waals surface area contributed by atoms with E-state index in [0.29, 0.717) is 24.2 Å². The Morgan fingerprint density at radius 1 is 0.842 bits per heavy atom. The zero-order valence-corrected chi connectivity index (χ0v) is 36.0. The normalized spacial score (nSPS) is 26.0. The van der Waals surface area contributed by atoms with Crippen LogP contribution in [0.15, 0.2) is 36.4 Å². The maximum atomic E-state index is 14.5. The summed E-state index contributed by atoms with van der Waals surface area (Å²) in [7, 11) is 0. The molecule has 2 heterocycles. The average Bonchev–Trinajstić information content (AvgIpc) is 3.26. The number of amides is 3. The lowest BCUT2D eigenvalue weighted by Gasteiger charge is -2.45. The van der Waals surface area contributed by atoms with Gasteiger partial charge in [-0.1, -0.05) is 82.6 Å². The van der Waals surface area contributed by atoms with Crippen LogP contribution in [0.25, 0.3) is 11.1 Å². The summed E-state index contributed by atoms with van der Waals surface area (Å²) in [6.45, 7) is 15.9. The van der Waals surface area contributed by atoms with Gasteiger partial charge in [0, 0.05) is 75.1 Å². The summed E-state index contributed by atoms with van der Waals surface area (Å²) in [5.74, 6) is 0.139. The second kappa shape index (κ2) is 21.0. The number of piperidine rings is 1. The second-order valence-electron chi connectivity index (χ2n) is 17.9. The predicted molar refractivity (Wildman–Crippen MR) is 231 cm³/mol. The lowest BCUT2D eigenvalue weighted by atomic mass is 9.81. The third-order valence-corrected chi connectivity index (χ3v) is 13.8. The van der Waals surface area contributed by atoms with Crippen LogP contribution in [0.4, 0.5) is 5.69 Å². The first-order chi connectivity index (χ1) is 27.6. The molecule has 3 amide bonds. The monoisotopic (exact) mass is 784 g/mol. The molecule has 3 atom stereocenters. The molecule has 2 saturated carbocycles. The Morgan fingerprint density at radius 3 is 2.09 bits per heavy atom. The molecule has 0 aromatic heterocycles. The van der Waals surface area contributed by atoms with Crippen molar-refractivity contribution in [3.05, 3.63) is 53.1 Å². The van der Waals surface area contributed by atoms with Gasteiger partial charge in [0.25, 0.3) is 5.91 Å². The Labute approximate surface area is 344 Å². The summed E-state index contributed by atoms with van der Waals surface area (Å²) in [6.07, 6.45) is 17.2. The Bertz CT molecular complexity index is 1600. The summed E-state index contributed by atoms with van der Waals surface area (Å²) in [5.41, 5.74) is 6.13. The minimum atomic E-state index is -0.226. The molecule has 4 aliphatic rings. The summed E-state index contributed by atoms with van der Waals surface area (Å²) >= 11 is 0. The molecule has 2 aliphatic heterocycles. The van der Waals surface area contributed by atoms with E-state index in [2.05, 4.69) is 89.4 Å². The number of nitrogens with one attached hydrogen (secondary N) is 2. The van der Waals surface area contributed by atoms with Crippen molar-refractivity contribution in [2.45, 2.75) is 162 Å². The molecule has 0 spiro atoms. The van der Waals surface area contributed by atoms with Crippen molar-refractivity contribution in [1.29, 1.82) is 0 Å². The fourth-order valence-electron chi connectivity index (χ4n) is 10.5. The minimum absolute atomic E-state index is 0.0356. The zero-order valence-electron chi connectivity index (χ0n) is 36.0. The van der Waals surface area contributed by atoms with Crippen LogP contribution in [0.3, 0.4) is 0 Å². The highest BCUT2D eigenvalue weighted by Gasteiger charge is 2.41. The molecule has 57 heavy (non-hydrogen) atoms. The third-order valence-electron chi connectivity index (χ3n) is 13.8. The zero-order chi connectivity index (χ0) is 40.3. The van der Waals surface area contributed by atoms with Crippen LogP contribution in [-0.2, 0) is 20.9 Å². The number of hydrogen-bond acceptors (Lipinski definition) is 6. The smallest absolute Gasteiger partial charge is 0.251 e. The molecule has 9 nitrogen and oxygen atoms in total. The van der Waals surface area contributed by atoms with Gasteiger partial charge in [0.1, 0.15) is 0 Å². The van der Waals surface area contributed by atoms with Gasteiger partial charge < -0.3 is 25.2 Å². The van der Waals surface area contributed by atoms with Gasteiger partial charge in [0.05, 0.1) is 19.1 Å². The first kappa shape index (κ1) is 43.2. The van der Waals surface area contributed by atoms with Crippen molar-refractivity contribution in [3.8, 4) is 11.1 Å². The SMILES string of the molecule is CCN(c1cc(-c2ccc(CN3CCOCC3)cc2)cc(C(=O)NCC2C(=O)N(C3CCCCCCCCCC3)C(C)CC2C)c1C)[C@H]1CC[C@H](NC(C)=O)CC1. The molecular formula is C48H73N5O4. The Balaban J connectivity index is 1.23. The van der Waals surface area contributed by atoms with Gasteiger partial charge in [-0.05, 0) is 106 Å². The van der Waals surface area contributed by atoms with Crippen LogP contribution < -0.4 is 15.5 Å². The van der Waals surface area contributed by atoms with Crippen LogP contribution in [0, 0.1) is 18.8 Å². The lowest BCUT2D eigenvalue weighted by Crippen LogP contribution is -2.56. The van der Waals surface area contributed by atoms with Crippen molar-refractivity contribution in [2.24, 2.45) is 11.8 Å². The molecular weight excluding hydrogens is 711 g/mol. The van der Waals surface area contributed by atoms with E-state index in [-0.39, 0.29) is 41.6 Å². The third kappa shape index (κ3) is 11.4. The van der Waals surface area contributed by atoms with E-state index in [9.17, 15) is 14.4 Å². The van der Waals surface area contributed by atoms with Crippen molar-refractivity contribution in [2.75, 3.05) is 44.3 Å². The Hall–Kier alpha value is -3.43. The van der Waals surface area contributed by atoms with Crippen LogP contribution in [-0.4, -0.2) is 91.1 Å². The molecule has 4 fully saturated rings. The molecule has 2 aromatic rings. The van der Waals surface area contributed by atoms with Gasteiger partial charge in [-0.25, -0.2) is 0 Å². The maximum Gasteiger partial charge on any atom is 0.251 e. The molecule has 6 rings (SSSR count). The summed E-state index contributed by atoms with van der Waals surface area (Å²) in [4.78, 5) is 47.9. The highest BCUT2D eigenvalue weighted by molar-refractivity contribution is 5.99. The van der Waals surface area contributed by atoms with Gasteiger partial charge in [-0.2, -0.15) is 0 Å². The molecule has 0 radical (unpaired) electrons. The first-order valence-electron chi connectivity index (χ1n) is 22.8. The number of anilines is 1. The number of hydrogen-bond donors (Lipinski definition) is 2. The largest absolute Gasteiger partial charge is 0.379 e. The molecule has 2 saturated heterocycles. The van der Waals surface area contributed by atoms with Gasteiger partial charge in [0.2, 0.25) is 11.8 Å². The highest BCUT2D eigenvalue weighted by Crippen LogP contribution is 2.37. The predicted octanol–water partition coefficient (Wildman–Crippen LogP) is 8.65. The quantitative estimate of drug-likeness (QED) is 0.237. The van der Waals surface area contributed by atoms with Crippen LogP contribution >= 0.6 is 0 Å². The number of carbonyl (C=O) groups excluding carboxylic acids is 3. The molecule has 9 heteroatoms. The van der Waals surface area contributed by atoms with Crippen molar-refractivity contribution < 1.29 is 19.1 Å². The topological polar surface area (TPSA) is 94.2 Å². The number of benzene rings is 2. The molecule has 2 aromatic carbocycles. The number of rotatable bonds is 11. The summed E-state index contributed by atoms with van der Waals surface area (Å²) in [6, 6.07) is 14.2. The van der Waals surface area contributed by atoms with E-state index in [1.807, 2.05) is 0 Å². The molecule has 314 valence electrons. The fraction of sp³-hybridized carbons (Fsp3) is 0.688. The van der Waals surface area contributed by atoms with E-state index in [1.165, 1.54) is 56.9 Å². The molecule has 2 N–H and O–H groups in total. The number of carbonyl (C=O) groups is 3. The van der Waals surface area contributed by atoms with Crippen LogP contribution in [0.2, 0.25) is 0 Å². The molecule has 0 bridgehead atoms. The second-order valence-corrected chi connectivity index (χ2v) is 17.9. The van der Waals surface area contributed by atoms with E-state index in [1.54, 1.807) is 6.92 Å². The van der Waals surface area contributed by atoms with Gasteiger partial charge >= 0.3 is 0 Å². The van der Waals surface area contributed by atoms with E-state index in [4.69, 9.17) is 4.74 Å². The number of ether oxygens (including phenoxy) is 1. The van der Waals surface area contributed by atoms with E-state index < -0.39 is 0 Å². The van der Waals surface area contributed by atoms with Crippen LogP contribution in [0.5, 0.6) is 0 Å².